The van der Waals surface area contributed by atoms with Gasteiger partial charge in [0.2, 0.25) is 0 Å². The van der Waals surface area contributed by atoms with E-state index >= 15 is 0 Å². The van der Waals surface area contributed by atoms with E-state index in [2.05, 4.69) is 10.2 Å². The third kappa shape index (κ3) is 3.58. The predicted octanol–water partition coefficient (Wildman–Crippen LogP) is 2.08. The van der Waals surface area contributed by atoms with E-state index in [0.717, 1.165) is 18.5 Å². The number of aromatic nitrogens is 4. The summed E-state index contributed by atoms with van der Waals surface area (Å²) >= 11 is 0. The van der Waals surface area contributed by atoms with Gasteiger partial charge in [-0.05, 0) is 39.0 Å². The molecule has 0 aliphatic carbocycles. The average molecular weight is 321 g/mol. The second kappa shape index (κ2) is 6.91. The lowest BCUT2D eigenvalue weighted by Crippen LogP contribution is -2.06. The SMILES string of the molecule is Cc1cc(-n2nc(CCC[C@H](C)CO)c([N+](=O)[O-])c2C)n(C)n1. The highest BCUT2D eigenvalue weighted by Gasteiger charge is 2.26. The lowest BCUT2D eigenvalue weighted by atomic mass is 10.0. The molecule has 0 radical (unpaired) electrons. The van der Waals surface area contributed by atoms with Gasteiger partial charge >= 0.3 is 5.69 Å². The van der Waals surface area contributed by atoms with E-state index in [1.165, 1.54) is 0 Å². The Hall–Kier alpha value is -2.22. The average Bonchev–Trinajstić information content (AvgIpc) is 2.97. The van der Waals surface area contributed by atoms with Crippen LogP contribution in [0.4, 0.5) is 5.69 Å². The number of nitro groups is 1. The minimum Gasteiger partial charge on any atom is -0.396 e. The molecule has 126 valence electrons. The van der Waals surface area contributed by atoms with Gasteiger partial charge < -0.3 is 5.11 Å². The topological polar surface area (TPSA) is 99.0 Å². The first kappa shape index (κ1) is 17.1. The van der Waals surface area contributed by atoms with Gasteiger partial charge in [0.05, 0.1) is 10.6 Å². The molecule has 0 spiro atoms. The molecule has 0 saturated heterocycles. The molecule has 1 atom stereocenters. The van der Waals surface area contributed by atoms with Crippen LogP contribution in [0, 0.1) is 29.9 Å². The summed E-state index contributed by atoms with van der Waals surface area (Å²) < 4.78 is 3.25. The molecule has 0 aromatic carbocycles. The molecule has 0 fully saturated rings. The monoisotopic (exact) mass is 321 g/mol. The van der Waals surface area contributed by atoms with E-state index in [9.17, 15) is 10.1 Å². The van der Waals surface area contributed by atoms with Crippen LogP contribution in [0.3, 0.4) is 0 Å². The summed E-state index contributed by atoms with van der Waals surface area (Å²) in [5.74, 6) is 0.898. The van der Waals surface area contributed by atoms with Gasteiger partial charge in [0.25, 0.3) is 0 Å². The minimum absolute atomic E-state index is 0.0699. The maximum atomic E-state index is 11.4. The highest BCUT2D eigenvalue weighted by molar-refractivity contribution is 5.44. The molecule has 8 heteroatoms. The van der Waals surface area contributed by atoms with Crippen molar-refractivity contribution in [2.45, 2.75) is 40.0 Å². The minimum atomic E-state index is -0.368. The Labute approximate surface area is 134 Å². The Morgan fingerprint density at radius 1 is 1.39 bits per heavy atom. The smallest absolute Gasteiger partial charge is 0.313 e. The molecular formula is C15H23N5O3. The van der Waals surface area contributed by atoms with E-state index in [-0.39, 0.29) is 23.1 Å². The number of nitrogens with zero attached hydrogens (tertiary/aromatic N) is 5. The standard InChI is InChI=1S/C15H23N5O3/c1-10(9-21)6-5-7-13-15(20(22)23)12(3)19(17-13)14-8-11(2)16-18(14)4/h8,10,21H,5-7,9H2,1-4H3/t10-/m0/s1. The number of rotatable bonds is 7. The maximum absolute atomic E-state index is 11.4. The Kier molecular flexibility index (Phi) is 5.15. The quantitative estimate of drug-likeness (QED) is 0.622. The molecule has 0 amide bonds. The van der Waals surface area contributed by atoms with E-state index < -0.39 is 0 Å². The van der Waals surface area contributed by atoms with Crippen LogP contribution in [0.15, 0.2) is 6.07 Å². The molecule has 0 aliphatic rings. The molecule has 2 rings (SSSR count). The second-order valence-electron chi connectivity index (χ2n) is 6.00. The molecule has 2 aromatic rings. The van der Waals surface area contributed by atoms with E-state index in [0.29, 0.717) is 23.6 Å². The lowest BCUT2D eigenvalue weighted by Gasteiger charge is -2.05. The highest BCUT2D eigenvalue weighted by Crippen LogP contribution is 2.27. The number of aliphatic hydroxyl groups is 1. The van der Waals surface area contributed by atoms with Crippen molar-refractivity contribution in [3.63, 3.8) is 0 Å². The first-order valence-corrected chi connectivity index (χ1v) is 7.69. The number of aryl methyl sites for hydroxylation is 3. The fourth-order valence-corrected chi connectivity index (χ4v) is 2.69. The molecule has 0 bridgehead atoms. The Bertz CT molecular complexity index is 704. The molecule has 2 aromatic heterocycles. The Morgan fingerprint density at radius 2 is 2.09 bits per heavy atom. The second-order valence-corrected chi connectivity index (χ2v) is 6.00. The van der Waals surface area contributed by atoms with Crippen LogP contribution in [0.1, 0.15) is 36.8 Å². The van der Waals surface area contributed by atoms with Gasteiger partial charge in [-0.2, -0.15) is 10.2 Å². The van der Waals surface area contributed by atoms with Crippen molar-refractivity contribution in [3.8, 4) is 5.82 Å². The van der Waals surface area contributed by atoms with Crippen molar-refractivity contribution in [1.29, 1.82) is 0 Å². The predicted molar refractivity (Wildman–Crippen MR) is 85.6 cm³/mol. The summed E-state index contributed by atoms with van der Waals surface area (Å²) in [6.07, 6.45) is 2.08. The third-order valence-corrected chi connectivity index (χ3v) is 3.95. The van der Waals surface area contributed by atoms with E-state index in [1.54, 1.807) is 23.3 Å². The van der Waals surface area contributed by atoms with Crippen molar-refractivity contribution >= 4 is 5.69 Å². The fraction of sp³-hybridized carbons (Fsp3) is 0.600. The van der Waals surface area contributed by atoms with Crippen LogP contribution in [0.5, 0.6) is 0 Å². The van der Waals surface area contributed by atoms with Crippen LogP contribution in [-0.4, -0.2) is 36.2 Å². The molecule has 8 nitrogen and oxygen atoms in total. The van der Waals surface area contributed by atoms with Crippen molar-refractivity contribution < 1.29 is 10.0 Å². The molecular weight excluding hydrogens is 298 g/mol. The summed E-state index contributed by atoms with van der Waals surface area (Å²) in [6, 6.07) is 1.85. The van der Waals surface area contributed by atoms with E-state index in [4.69, 9.17) is 5.11 Å². The first-order valence-electron chi connectivity index (χ1n) is 7.69. The number of hydrogen-bond donors (Lipinski definition) is 1. The van der Waals surface area contributed by atoms with Crippen molar-refractivity contribution in [2.75, 3.05) is 6.61 Å². The molecule has 1 N–H and O–H groups in total. The van der Waals surface area contributed by atoms with Crippen molar-refractivity contribution in [2.24, 2.45) is 13.0 Å². The highest BCUT2D eigenvalue weighted by atomic mass is 16.6. The Morgan fingerprint density at radius 3 is 2.61 bits per heavy atom. The van der Waals surface area contributed by atoms with Crippen LogP contribution < -0.4 is 0 Å². The summed E-state index contributed by atoms with van der Waals surface area (Å²) in [6.45, 7) is 5.65. The summed E-state index contributed by atoms with van der Waals surface area (Å²) in [4.78, 5) is 11.1. The molecule has 23 heavy (non-hydrogen) atoms. The number of hydrogen-bond acceptors (Lipinski definition) is 5. The number of aliphatic hydroxyl groups excluding tert-OH is 1. The maximum Gasteiger partial charge on any atom is 0.313 e. The van der Waals surface area contributed by atoms with Gasteiger partial charge in [-0.3, -0.25) is 14.8 Å². The van der Waals surface area contributed by atoms with E-state index in [1.807, 2.05) is 19.9 Å². The largest absolute Gasteiger partial charge is 0.396 e. The molecule has 0 aliphatic heterocycles. The van der Waals surface area contributed by atoms with Crippen molar-refractivity contribution in [3.05, 3.63) is 33.3 Å². The Balaban J connectivity index is 2.33. The zero-order valence-corrected chi connectivity index (χ0v) is 14.0. The summed E-state index contributed by atoms with van der Waals surface area (Å²) in [5, 5.41) is 29.2. The normalized spacial score (nSPS) is 12.6. The lowest BCUT2D eigenvalue weighted by molar-refractivity contribution is -0.386. The van der Waals surface area contributed by atoms with Gasteiger partial charge in [0.15, 0.2) is 5.82 Å². The summed E-state index contributed by atoms with van der Waals surface area (Å²) in [5.41, 5.74) is 1.89. The van der Waals surface area contributed by atoms with Gasteiger partial charge in [-0.1, -0.05) is 6.92 Å². The van der Waals surface area contributed by atoms with Gasteiger partial charge in [0, 0.05) is 19.7 Å². The van der Waals surface area contributed by atoms with Crippen LogP contribution in [0.25, 0.3) is 5.82 Å². The molecule has 2 heterocycles. The van der Waals surface area contributed by atoms with Crippen LogP contribution in [0.2, 0.25) is 0 Å². The molecule has 0 unspecified atom stereocenters. The van der Waals surface area contributed by atoms with Crippen LogP contribution >= 0.6 is 0 Å². The van der Waals surface area contributed by atoms with Crippen molar-refractivity contribution in [1.82, 2.24) is 19.6 Å². The fourth-order valence-electron chi connectivity index (χ4n) is 2.69. The zero-order valence-electron chi connectivity index (χ0n) is 14.0. The van der Waals surface area contributed by atoms with Gasteiger partial charge in [-0.15, -0.1) is 0 Å². The zero-order chi connectivity index (χ0) is 17.1. The van der Waals surface area contributed by atoms with Gasteiger partial charge in [-0.25, -0.2) is 4.68 Å². The van der Waals surface area contributed by atoms with Crippen LogP contribution in [-0.2, 0) is 13.5 Å². The third-order valence-electron chi connectivity index (χ3n) is 3.95. The molecule has 0 saturated carbocycles. The summed E-state index contributed by atoms with van der Waals surface area (Å²) in [7, 11) is 1.79. The van der Waals surface area contributed by atoms with Gasteiger partial charge in [0.1, 0.15) is 11.4 Å². The first-order chi connectivity index (χ1) is 10.8.